The van der Waals surface area contributed by atoms with Gasteiger partial charge in [-0.15, -0.1) is 11.8 Å². The van der Waals surface area contributed by atoms with Crippen molar-refractivity contribution < 1.29 is 19.4 Å². The minimum atomic E-state index is -1.31. The van der Waals surface area contributed by atoms with Crippen molar-refractivity contribution >= 4 is 23.6 Å². The number of carbonyl (C=O) groups excluding carboxylic acids is 2. The van der Waals surface area contributed by atoms with Crippen LogP contribution in [0.2, 0.25) is 0 Å². The maximum absolute atomic E-state index is 11.6. The summed E-state index contributed by atoms with van der Waals surface area (Å²) in [7, 11) is 1.19. The van der Waals surface area contributed by atoms with E-state index in [1.165, 1.54) is 18.2 Å². The normalized spacial score (nSPS) is 11.8. The zero-order valence-electron chi connectivity index (χ0n) is 12.5. The Labute approximate surface area is 129 Å². The minimum Gasteiger partial charge on any atom is -0.467 e. The maximum atomic E-state index is 11.6. The van der Waals surface area contributed by atoms with Crippen LogP contribution in [0.15, 0.2) is 23.1 Å². The van der Waals surface area contributed by atoms with E-state index in [2.05, 4.69) is 36.0 Å². The number of esters is 1. The number of hydrogen-bond donors (Lipinski definition) is 2. The molecule has 0 aliphatic carbocycles. The predicted octanol–water partition coefficient (Wildman–Crippen LogP) is 1.44. The van der Waals surface area contributed by atoms with E-state index in [0.29, 0.717) is 12.2 Å². The van der Waals surface area contributed by atoms with Gasteiger partial charge in [-0.3, -0.25) is 4.79 Å². The van der Waals surface area contributed by atoms with Crippen molar-refractivity contribution in [2.45, 2.75) is 31.3 Å². The second-order valence-electron chi connectivity index (χ2n) is 4.69. The van der Waals surface area contributed by atoms with E-state index in [0.717, 1.165) is 4.90 Å². The van der Waals surface area contributed by atoms with Crippen LogP contribution >= 0.6 is 11.8 Å². The van der Waals surface area contributed by atoms with Gasteiger partial charge in [-0.1, -0.05) is 6.07 Å². The minimum absolute atomic E-state index is 0.125. The molecule has 0 saturated heterocycles. The summed E-state index contributed by atoms with van der Waals surface area (Å²) in [4.78, 5) is 23.7. The van der Waals surface area contributed by atoms with Crippen LogP contribution in [-0.4, -0.2) is 42.5 Å². The standard InChI is InChI=1S/C15H21NO4S/c1-10-4-5-12(8-11(10)2)21-7-6-14(18)16-9-13(17)15(19)20-3/h4-5,8,13,17H,6-7,9H2,1-3H3,(H,16,18). The molecule has 0 radical (unpaired) electrons. The lowest BCUT2D eigenvalue weighted by molar-refractivity contribution is -0.150. The molecule has 5 nitrogen and oxygen atoms in total. The largest absolute Gasteiger partial charge is 0.467 e. The number of aliphatic hydroxyl groups excluding tert-OH is 1. The van der Waals surface area contributed by atoms with Gasteiger partial charge in [0.25, 0.3) is 0 Å². The number of rotatable bonds is 7. The van der Waals surface area contributed by atoms with E-state index in [1.54, 1.807) is 11.8 Å². The number of methoxy groups -OCH3 is 1. The fourth-order valence-corrected chi connectivity index (χ4v) is 2.53. The molecule has 0 heterocycles. The summed E-state index contributed by atoms with van der Waals surface area (Å²) in [5.74, 6) is -0.308. The first-order valence-electron chi connectivity index (χ1n) is 6.66. The number of hydrogen-bond acceptors (Lipinski definition) is 5. The van der Waals surface area contributed by atoms with Crippen LogP contribution in [0.25, 0.3) is 0 Å². The fourth-order valence-electron chi connectivity index (χ4n) is 1.58. The first-order valence-corrected chi connectivity index (χ1v) is 7.65. The summed E-state index contributed by atoms with van der Waals surface area (Å²) < 4.78 is 4.36. The lowest BCUT2D eigenvalue weighted by Crippen LogP contribution is -2.37. The Hall–Kier alpha value is -1.53. The summed E-state index contributed by atoms with van der Waals surface area (Å²) >= 11 is 1.60. The van der Waals surface area contributed by atoms with Crippen LogP contribution in [0.1, 0.15) is 17.5 Å². The molecule has 0 saturated carbocycles. The quantitative estimate of drug-likeness (QED) is 0.588. The van der Waals surface area contributed by atoms with E-state index in [1.807, 2.05) is 6.07 Å². The zero-order valence-corrected chi connectivity index (χ0v) is 13.3. The molecule has 6 heteroatoms. The van der Waals surface area contributed by atoms with Gasteiger partial charge in [0.1, 0.15) is 0 Å². The van der Waals surface area contributed by atoms with Crippen molar-refractivity contribution in [1.82, 2.24) is 5.32 Å². The Morgan fingerprint density at radius 2 is 2.05 bits per heavy atom. The molecule has 0 fully saturated rings. The Kier molecular flexibility index (Phi) is 7.25. The molecule has 21 heavy (non-hydrogen) atoms. The smallest absolute Gasteiger partial charge is 0.336 e. The van der Waals surface area contributed by atoms with Gasteiger partial charge < -0.3 is 15.2 Å². The lowest BCUT2D eigenvalue weighted by atomic mass is 10.1. The van der Waals surface area contributed by atoms with Gasteiger partial charge >= 0.3 is 5.97 Å². The predicted molar refractivity (Wildman–Crippen MR) is 82.3 cm³/mol. The van der Waals surface area contributed by atoms with Crippen LogP contribution in [0.5, 0.6) is 0 Å². The van der Waals surface area contributed by atoms with Crippen molar-refractivity contribution in [3.05, 3.63) is 29.3 Å². The van der Waals surface area contributed by atoms with Crippen molar-refractivity contribution in [1.29, 1.82) is 0 Å². The zero-order chi connectivity index (χ0) is 15.8. The highest BCUT2D eigenvalue weighted by Gasteiger charge is 2.15. The molecular weight excluding hydrogens is 290 g/mol. The third-order valence-electron chi connectivity index (χ3n) is 3.04. The van der Waals surface area contributed by atoms with Crippen LogP contribution < -0.4 is 5.32 Å². The first kappa shape index (κ1) is 17.5. The highest BCUT2D eigenvalue weighted by Crippen LogP contribution is 2.21. The molecule has 2 N–H and O–H groups in total. The van der Waals surface area contributed by atoms with Crippen molar-refractivity contribution in [3.8, 4) is 0 Å². The molecule has 1 aromatic carbocycles. The highest BCUT2D eigenvalue weighted by molar-refractivity contribution is 7.99. The number of ether oxygens (including phenoxy) is 1. The molecule has 116 valence electrons. The number of thioether (sulfide) groups is 1. The van der Waals surface area contributed by atoms with E-state index < -0.39 is 12.1 Å². The van der Waals surface area contributed by atoms with Gasteiger partial charge in [-0.2, -0.15) is 0 Å². The molecule has 1 aromatic rings. The van der Waals surface area contributed by atoms with E-state index in [-0.39, 0.29) is 12.5 Å². The average Bonchev–Trinajstić information content (AvgIpc) is 2.47. The Morgan fingerprint density at radius 1 is 1.33 bits per heavy atom. The molecule has 0 aliphatic rings. The summed E-state index contributed by atoms with van der Waals surface area (Å²) in [5, 5.41) is 11.8. The molecule has 0 aliphatic heterocycles. The van der Waals surface area contributed by atoms with Gasteiger partial charge in [-0.25, -0.2) is 4.79 Å². The van der Waals surface area contributed by atoms with Gasteiger partial charge in [0, 0.05) is 17.1 Å². The highest BCUT2D eigenvalue weighted by atomic mass is 32.2. The second-order valence-corrected chi connectivity index (χ2v) is 5.86. The van der Waals surface area contributed by atoms with E-state index in [4.69, 9.17) is 0 Å². The fraction of sp³-hybridized carbons (Fsp3) is 0.467. The monoisotopic (exact) mass is 311 g/mol. The summed E-state index contributed by atoms with van der Waals surface area (Å²) in [6.07, 6.45) is -0.989. The van der Waals surface area contributed by atoms with Crippen LogP contribution in [-0.2, 0) is 14.3 Å². The van der Waals surface area contributed by atoms with Crippen LogP contribution in [0, 0.1) is 13.8 Å². The Morgan fingerprint density at radius 3 is 2.67 bits per heavy atom. The average molecular weight is 311 g/mol. The third kappa shape index (κ3) is 6.18. The molecule has 0 bridgehead atoms. The SMILES string of the molecule is COC(=O)C(O)CNC(=O)CCSc1ccc(C)c(C)c1. The number of aliphatic hydroxyl groups is 1. The number of nitrogens with one attached hydrogen (secondary N) is 1. The molecule has 1 rings (SSSR count). The first-order chi connectivity index (χ1) is 9.93. The van der Waals surface area contributed by atoms with Crippen LogP contribution in [0.4, 0.5) is 0 Å². The second kappa shape index (κ2) is 8.69. The number of carbonyl (C=O) groups is 2. The maximum Gasteiger partial charge on any atom is 0.336 e. The Balaban J connectivity index is 2.27. The molecule has 0 spiro atoms. The van der Waals surface area contributed by atoms with Crippen molar-refractivity contribution in [3.63, 3.8) is 0 Å². The van der Waals surface area contributed by atoms with Gasteiger partial charge in [0.2, 0.25) is 5.91 Å². The number of aryl methyl sites for hydroxylation is 2. The molecule has 1 atom stereocenters. The van der Waals surface area contributed by atoms with Gasteiger partial charge in [0.15, 0.2) is 6.10 Å². The molecule has 0 aromatic heterocycles. The van der Waals surface area contributed by atoms with Crippen molar-refractivity contribution in [2.75, 3.05) is 19.4 Å². The third-order valence-corrected chi connectivity index (χ3v) is 4.04. The topological polar surface area (TPSA) is 75.6 Å². The number of amides is 1. The number of benzene rings is 1. The summed E-state index contributed by atoms with van der Waals surface area (Å²) in [5.41, 5.74) is 2.47. The van der Waals surface area contributed by atoms with E-state index in [9.17, 15) is 14.7 Å². The van der Waals surface area contributed by atoms with Gasteiger partial charge in [0.05, 0.1) is 13.7 Å². The molecule has 1 amide bonds. The van der Waals surface area contributed by atoms with E-state index >= 15 is 0 Å². The summed E-state index contributed by atoms with van der Waals surface area (Å²) in [6.45, 7) is 3.99. The Bertz CT molecular complexity index is 504. The lowest BCUT2D eigenvalue weighted by Gasteiger charge is -2.09. The van der Waals surface area contributed by atoms with Gasteiger partial charge in [-0.05, 0) is 37.1 Å². The molecular formula is C15H21NO4S. The van der Waals surface area contributed by atoms with Crippen LogP contribution in [0.3, 0.4) is 0 Å². The van der Waals surface area contributed by atoms with Crippen molar-refractivity contribution in [2.24, 2.45) is 0 Å². The molecule has 1 unspecified atom stereocenters. The summed E-state index contributed by atoms with van der Waals surface area (Å²) in [6, 6.07) is 6.19.